The van der Waals surface area contributed by atoms with Crippen molar-refractivity contribution in [3.05, 3.63) is 24.2 Å². The first-order chi connectivity index (χ1) is 9.25. The number of nitrogens with zero attached hydrogens (tertiary/aromatic N) is 1. The van der Waals surface area contributed by atoms with Crippen LogP contribution in [0.5, 0.6) is 0 Å². The molecule has 2 N–H and O–H groups in total. The van der Waals surface area contributed by atoms with Crippen LogP contribution in [-0.4, -0.2) is 34.6 Å². The Bertz CT molecular complexity index is 448. The monoisotopic (exact) mass is 282 g/mol. The number of hydrogen-bond donors (Lipinski definition) is 2. The number of urea groups is 1. The van der Waals surface area contributed by atoms with Crippen molar-refractivity contribution in [2.45, 2.75) is 40.3 Å². The number of hydrogen-bond acceptors (Lipinski definition) is 3. The van der Waals surface area contributed by atoms with Crippen LogP contribution in [-0.2, 0) is 11.3 Å². The van der Waals surface area contributed by atoms with Crippen LogP contribution in [0.2, 0.25) is 0 Å². The van der Waals surface area contributed by atoms with Gasteiger partial charge in [-0.1, -0.05) is 20.8 Å². The second-order valence-corrected chi connectivity index (χ2v) is 5.68. The molecular formula is C14H22N2O4. The fourth-order valence-corrected chi connectivity index (χ4v) is 1.78. The number of amides is 2. The van der Waals surface area contributed by atoms with Crippen molar-refractivity contribution < 1.29 is 19.1 Å². The highest BCUT2D eigenvalue weighted by atomic mass is 16.4. The molecule has 1 rings (SSSR count). The average Bonchev–Trinajstić information content (AvgIpc) is 2.83. The molecule has 6 heteroatoms. The van der Waals surface area contributed by atoms with Crippen LogP contribution in [0.15, 0.2) is 22.8 Å². The molecule has 1 aromatic heterocycles. The summed E-state index contributed by atoms with van der Waals surface area (Å²) in [4.78, 5) is 24.9. The lowest BCUT2D eigenvalue weighted by Gasteiger charge is -2.30. The third kappa shape index (κ3) is 4.29. The van der Waals surface area contributed by atoms with Gasteiger partial charge in [0.2, 0.25) is 0 Å². The number of carboxylic acids is 1. The van der Waals surface area contributed by atoms with Gasteiger partial charge in [-0.3, -0.25) is 0 Å². The predicted molar refractivity (Wildman–Crippen MR) is 74.2 cm³/mol. The first kappa shape index (κ1) is 16.1. The smallest absolute Gasteiger partial charge is 0.326 e. The second-order valence-electron chi connectivity index (χ2n) is 5.68. The average molecular weight is 282 g/mol. The van der Waals surface area contributed by atoms with Crippen molar-refractivity contribution in [2.75, 3.05) is 6.54 Å². The Labute approximate surface area is 118 Å². The van der Waals surface area contributed by atoms with Gasteiger partial charge in [-0.15, -0.1) is 0 Å². The summed E-state index contributed by atoms with van der Waals surface area (Å²) in [6.45, 7) is 7.92. The van der Waals surface area contributed by atoms with Gasteiger partial charge in [0.1, 0.15) is 11.8 Å². The lowest BCUT2D eigenvalue weighted by molar-refractivity contribution is -0.142. The fraction of sp³-hybridized carbons (Fsp3) is 0.571. The molecule has 112 valence electrons. The molecule has 1 unspecified atom stereocenters. The maximum Gasteiger partial charge on any atom is 0.326 e. The third-order valence-corrected chi connectivity index (χ3v) is 2.98. The second kappa shape index (κ2) is 6.45. The Kier molecular flexibility index (Phi) is 5.19. The van der Waals surface area contributed by atoms with Gasteiger partial charge in [0, 0.05) is 6.54 Å². The number of carboxylic acid groups (broad SMARTS) is 1. The van der Waals surface area contributed by atoms with Crippen LogP contribution < -0.4 is 5.32 Å². The maximum absolute atomic E-state index is 12.2. The molecule has 1 aromatic rings. The first-order valence-corrected chi connectivity index (χ1v) is 6.56. The van der Waals surface area contributed by atoms with Crippen LogP contribution in [0.3, 0.4) is 0 Å². The van der Waals surface area contributed by atoms with E-state index < -0.39 is 23.5 Å². The molecule has 0 aliphatic carbocycles. The Morgan fingerprint density at radius 2 is 2.10 bits per heavy atom. The van der Waals surface area contributed by atoms with Crippen molar-refractivity contribution in [3.8, 4) is 0 Å². The van der Waals surface area contributed by atoms with Crippen molar-refractivity contribution in [1.29, 1.82) is 0 Å². The largest absolute Gasteiger partial charge is 0.480 e. The number of carbonyl (C=O) groups is 2. The zero-order valence-corrected chi connectivity index (χ0v) is 12.3. The first-order valence-electron chi connectivity index (χ1n) is 6.56. The molecule has 6 nitrogen and oxygen atoms in total. The standard InChI is InChI=1S/C14H22N2O4/c1-5-16(9-10-7-6-8-20-10)13(19)15-11(12(17)18)14(2,3)4/h6-8,11H,5,9H2,1-4H3,(H,15,19)(H,17,18). The molecule has 0 aliphatic heterocycles. The Hall–Kier alpha value is -1.98. The number of furan rings is 1. The van der Waals surface area contributed by atoms with Crippen LogP contribution in [0.4, 0.5) is 4.79 Å². The van der Waals surface area contributed by atoms with Gasteiger partial charge < -0.3 is 19.7 Å². The van der Waals surface area contributed by atoms with Gasteiger partial charge in [0.15, 0.2) is 0 Å². The van der Waals surface area contributed by atoms with E-state index in [-0.39, 0.29) is 0 Å². The quantitative estimate of drug-likeness (QED) is 0.868. The molecular weight excluding hydrogens is 260 g/mol. The maximum atomic E-state index is 12.2. The van der Waals surface area contributed by atoms with Gasteiger partial charge in [-0.05, 0) is 24.5 Å². The summed E-state index contributed by atoms with van der Waals surface area (Å²) in [5.74, 6) is -0.385. The Balaban J connectivity index is 2.73. The molecule has 0 radical (unpaired) electrons. The van der Waals surface area contributed by atoms with Crippen LogP contribution in [0.1, 0.15) is 33.5 Å². The zero-order chi connectivity index (χ0) is 15.3. The van der Waals surface area contributed by atoms with Crippen LogP contribution in [0.25, 0.3) is 0 Å². The highest BCUT2D eigenvalue weighted by molar-refractivity contribution is 5.83. The highest BCUT2D eigenvalue weighted by Gasteiger charge is 2.33. The summed E-state index contributed by atoms with van der Waals surface area (Å²) in [7, 11) is 0. The van der Waals surface area contributed by atoms with E-state index >= 15 is 0 Å². The molecule has 0 aromatic carbocycles. The molecule has 0 spiro atoms. The molecule has 0 saturated heterocycles. The van der Waals surface area contributed by atoms with Crippen molar-refractivity contribution in [1.82, 2.24) is 10.2 Å². The Morgan fingerprint density at radius 3 is 2.50 bits per heavy atom. The summed E-state index contributed by atoms with van der Waals surface area (Å²) < 4.78 is 5.20. The van der Waals surface area contributed by atoms with E-state index in [4.69, 9.17) is 4.42 Å². The van der Waals surface area contributed by atoms with E-state index in [2.05, 4.69) is 5.32 Å². The lowest BCUT2D eigenvalue weighted by Crippen LogP contribution is -2.53. The topological polar surface area (TPSA) is 82.8 Å². The number of aliphatic carboxylic acids is 1. The molecule has 0 aliphatic rings. The molecule has 0 saturated carbocycles. The summed E-state index contributed by atoms with van der Waals surface area (Å²) in [5, 5.41) is 11.8. The highest BCUT2D eigenvalue weighted by Crippen LogP contribution is 2.20. The van der Waals surface area contributed by atoms with Crippen LogP contribution in [0, 0.1) is 5.41 Å². The van der Waals surface area contributed by atoms with E-state index in [0.717, 1.165) is 0 Å². The number of nitrogens with one attached hydrogen (secondary N) is 1. The van der Waals surface area contributed by atoms with Crippen LogP contribution >= 0.6 is 0 Å². The summed E-state index contributed by atoms with van der Waals surface area (Å²) in [5.41, 5.74) is -0.564. The lowest BCUT2D eigenvalue weighted by atomic mass is 9.87. The molecule has 0 bridgehead atoms. The minimum Gasteiger partial charge on any atom is -0.480 e. The SMILES string of the molecule is CCN(Cc1ccco1)C(=O)NC(C(=O)O)C(C)(C)C. The third-order valence-electron chi connectivity index (χ3n) is 2.98. The molecule has 1 atom stereocenters. The minimum atomic E-state index is -1.04. The van der Waals surface area contributed by atoms with Crippen molar-refractivity contribution in [3.63, 3.8) is 0 Å². The zero-order valence-electron chi connectivity index (χ0n) is 12.3. The predicted octanol–water partition coefficient (Wildman–Crippen LogP) is 2.31. The van der Waals surface area contributed by atoms with E-state index in [1.165, 1.54) is 11.2 Å². The van der Waals surface area contributed by atoms with Crippen molar-refractivity contribution in [2.24, 2.45) is 5.41 Å². The van der Waals surface area contributed by atoms with Gasteiger partial charge >= 0.3 is 12.0 Å². The molecule has 2 amide bonds. The summed E-state index contributed by atoms with van der Waals surface area (Å²) in [6.07, 6.45) is 1.54. The number of carbonyl (C=O) groups excluding carboxylic acids is 1. The van der Waals surface area contributed by atoms with Gasteiger partial charge in [-0.2, -0.15) is 0 Å². The van der Waals surface area contributed by atoms with E-state index in [1.54, 1.807) is 32.9 Å². The minimum absolute atomic E-state index is 0.311. The molecule has 0 fully saturated rings. The van der Waals surface area contributed by atoms with E-state index in [0.29, 0.717) is 18.8 Å². The summed E-state index contributed by atoms with van der Waals surface area (Å²) >= 11 is 0. The fourth-order valence-electron chi connectivity index (χ4n) is 1.78. The summed E-state index contributed by atoms with van der Waals surface area (Å²) in [6, 6.07) is 2.16. The molecule has 1 heterocycles. The Morgan fingerprint density at radius 1 is 1.45 bits per heavy atom. The normalized spacial score (nSPS) is 12.8. The van der Waals surface area contributed by atoms with Gasteiger partial charge in [0.05, 0.1) is 12.8 Å². The van der Waals surface area contributed by atoms with Gasteiger partial charge in [-0.25, -0.2) is 9.59 Å². The van der Waals surface area contributed by atoms with Crippen molar-refractivity contribution >= 4 is 12.0 Å². The van der Waals surface area contributed by atoms with Gasteiger partial charge in [0.25, 0.3) is 0 Å². The van der Waals surface area contributed by atoms with E-state index in [1.807, 2.05) is 6.92 Å². The van der Waals surface area contributed by atoms with E-state index in [9.17, 15) is 14.7 Å². The molecule has 20 heavy (non-hydrogen) atoms. The number of rotatable bonds is 5.